The van der Waals surface area contributed by atoms with Crippen LogP contribution in [0.2, 0.25) is 0 Å². The number of thiophene rings is 1. The first-order valence-electron chi connectivity index (χ1n) is 6.81. The Morgan fingerprint density at radius 3 is 2.92 bits per heavy atom. The fourth-order valence-corrected chi connectivity index (χ4v) is 2.67. The Morgan fingerprint density at radius 1 is 1.33 bits per heavy atom. The summed E-state index contributed by atoms with van der Waals surface area (Å²) in [5.41, 5.74) is 3.42. The van der Waals surface area contributed by atoms with Crippen molar-refractivity contribution in [2.45, 2.75) is 0 Å². The van der Waals surface area contributed by atoms with Crippen LogP contribution in [-0.2, 0) is 0 Å². The van der Waals surface area contributed by atoms with Crippen LogP contribution in [0.4, 0.5) is 5.69 Å². The van der Waals surface area contributed by atoms with Crippen LogP contribution >= 0.6 is 11.3 Å². The van der Waals surface area contributed by atoms with Gasteiger partial charge in [-0.1, -0.05) is 18.2 Å². The molecule has 0 aliphatic heterocycles. The Kier molecular flexibility index (Phi) is 4.43. The van der Waals surface area contributed by atoms with Crippen LogP contribution in [0.1, 0.15) is 16.1 Å². The average molecular weight is 341 g/mol. The van der Waals surface area contributed by atoms with Gasteiger partial charge in [0.1, 0.15) is 0 Å². The van der Waals surface area contributed by atoms with Gasteiger partial charge in [-0.05, 0) is 23.6 Å². The summed E-state index contributed by atoms with van der Waals surface area (Å²) in [6, 6.07) is 11.5. The molecule has 3 rings (SSSR count). The molecule has 2 aromatic heterocycles. The minimum Gasteiger partial charge on any atom is -0.276 e. The number of nitro benzene ring substituents is 1. The molecular weight excluding hydrogens is 330 g/mol. The molecule has 0 atom stereocenters. The van der Waals surface area contributed by atoms with E-state index in [4.69, 9.17) is 0 Å². The number of amides is 1. The fourth-order valence-electron chi connectivity index (χ4n) is 1.98. The molecular formula is C15H11N5O3S. The van der Waals surface area contributed by atoms with E-state index in [9.17, 15) is 14.9 Å². The molecule has 1 amide bonds. The second kappa shape index (κ2) is 6.84. The maximum atomic E-state index is 12.0. The van der Waals surface area contributed by atoms with Crippen molar-refractivity contribution in [3.8, 4) is 10.6 Å². The number of para-hydroxylation sites is 1. The molecule has 1 aromatic carbocycles. The third-order valence-electron chi connectivity index (χ3n) is 3.10. The Bertz CT molecular complexity index is 901. The number of benzene rings is 1. The van der Waals surface area contributed by atoms with E-state index in [1.54, 1.807) is 18.2 Å². The number of hydrazone groups is 1. The Morgan fingerprint density at radius 2 is 2.17 bits per heavy atom. The molecule has 0 saturated heterocycles. The highest BCUT2D eigenvalue weighted by Crippen LogP contribution is 2.22. The number of hydrogen-bond donors (Lipinski definition) is 2. The number of carbonyl (C=O) groups is 1. The quantitative estimate of drug-likeness (QED) is 0.422. The number of aromatic amines is 1. The van der Waals surface area contributed by atoms with Gasteiger partial charge >= 0.3 is 0 Å². The maximum absolute atomic E-state index is 12.0. The molecule has 2 heterocycles. The van der Waals surface area contributed by atoms with E-state index in [0.717, 1.165) is 10.6 Å². The second-order valence-corrected chi connectivity index (χ2v) is 5.61. The highest BCUT2D eigenvalue weighted by molar-refractivity contribution is 7.13. The summed E-state index contributed by atoms with van der Waals surface area (Å²) >= 11 is 1.52. The molecule has 120 valence electrons. The van der Waals surface area contributed by atoms with Gasteiger partial charge in [0.15, 0.2) is 5.69 Å². The number of nitrogens with zero attached hydrogens (tertiary/aromatic N) is 3. The van der Waals surface area contributed by atoms with Gasteiger partial charge in [0.05, 0.1) is 27.3 Å². The van der Waals surface area contributed by atoms with Crippen LogP contribution in [0, 0.1) is 10.1 Å². The first kappa shape index (κ1) is 15.6. The number of nitro groups is 1. The predicted molar refractivity (Wildman–Crippen MR) is 90.1 cm³/mol. The molecule has 8 nitrogen and oxygen atoms in total. The lowest BCUT2D eigenvalue weighted by molar-refractivity contribution is -0.385. The standard InChI is InChI=1S/C15H11N5O3S/c21-15(12-8-11(17-18-12)14-6-3-7-24-14)19-16-9-10-4-1-2-5-13(10)20(22)23/h1-9H,(H,17,18)(H,19,21). The molecule has 0 saturated carbocycles. The lowest BCUT2D eigenvalue weighted by atomic mass is 10.2. The number of H-pyrrole nitrogens is 1. The summed E-state index contributed by atoms with van der Waals surface area (Å²) < 4.78 is 0. The van der Waals surface area contributed by atoms with Gasteiger partial charge in [0, 0.05) is 6.07 Å². The van der Waals surface area contributed by atoms with Crippen molar-refractivity contribution < 1.29 is 9.72 Å². The second-order valence-electron chi connectivity index (χ2n) is 4.66. The van der Waals surface area contributed by atoms with E-state index in [-0.39, 0.29) is 11.4 Å². The lowest BCUT2D eigenvalue weighted by Crippen LogP contribution is -2.18. The van der Waals surface area contributed by atoms with Crippen molar-refractivity contribution in [3.63, 3.8) is 0 Å². The normalized spacial score (nSPS) is 10.8. The molecule has 0 aliphatic carbocycles. The summed E-state index contributed by atoms with van der Waals surface area (Å²) in [5.74, 6) is -0.510. The van der Waals surface area contributed by atoms with Crippen LogP contribution in [0.3, 0.4) is 0 Å². The molecule has 2 N–H and O–H groups in total. The molecule has 3 aromatic rings. The third-order valence-corrected chi connectivity index (χ3v) is 4.00. The largest absolute Gasteiger partial charge is 0.291 e. The highest BCUT2D eigenvalue weighted by Gasteiger charge is 2.12. The first-order valence-corrected chi connectivity index (χ1v) is 7.69. The zero-order valence-electron chi connectivity index (χ0n) is 12.2. The van der Waals surface area contributed by atoms with Gasteiger partial charge < -0.3 is 0 Å². The molecule has 0 spiro atoms. The Balaban J connectivity index is 1.69. The van der Waals surface area contributed by atoms with Crippen LogP contribution in [-0.4, -0.2) is 27.2 Å². The first-order chi connectivity index (χ1) is 11.6. The van der Waals surface area contributed by atoms with Gasteiger partial charge in [-0.3, -0.25) is 20.0 Å². The van der Waals surface area contributed by atoms with Crippen molar-refractivity contribution >= 4 is 29.1 Å². The smallest absolute Gasteiger partial charge is 0.276 e. The monoisotopic (exact) mass is 341 g/mol. The average Bonchev–Trinajstić information content (AvgIpc) is 3.26. The minimum atomic E-state index is -0.510. The minimum absolute atomic E-state index is 0.0877. The number of rotatable bonds is 5. The van der Waals surface area contributed by atoms with E-state index in [1.165, 1.54) is 29.7 Å². The zero-order valence-corrected chi connectivity index (χ0v) is 13.0. The van der Waals surface area contributed by atoms with E-state index < -0.39 is 10.8 Å². The van der Waals surface area contributed by atoms with Crippen LogP contribution < -0.4 is 5.43 Å². The lowest BCUT2D eigenvalue weighted by Gasteiger charge is -1.97. The molecule has 0 fully saturated rings. The molecule has 0 aliphatic rings. The van der Waals surface area contributed by atoms with Gasteiger partial charge in [-0.15, -0.1) is 11.3 Å². The van der Waals surface area contributed by atoms with Gasteiger partial charge in [0.25, 0.3) is 11.6 Å². The van der Waals surface area contributed by atoms with Crippen molar-refractivity contribution in [2.75, 3.05) is 0 Å². The summed E-state index contributed by atoms with van der Waals surface area (Å²) in [6.07, 6.45) is 1.23. The summed E-state index contributed by atoms with van der Waals surface area (Å²) in [4.78, 5) is 23.4. The topological polar surface area (TPSA) is 113 Å². The fraction of sp³-hybridized carbons (Fsp3) is 0. The SMILES string of the molecule is O=C(NN=Cc1ccccc1[N+](=O)[O-])c1cc(-c2cccs2)[nH]n1. The third kappa shape index (κ3) is 3.36. The number of carbonyl (C=O) groups excluding carboxylic acids is 1. The van der Waals surface area contributed by atoms with Crippen molar-refractivity contribution in [2.24, 2.45) is 5.10 Å². The Hall–Kier alpha value is -3.33. The van der Waals surface area contributed by atoms with E-state index in [1.807, 2.05) is 17.5 Å². The van der Waals surface area contributed by atoms with E-state index in [2.05, 4.69) is 20.7 Å². The summed E-state index contributed by atoms with van der Waals surface area (Å²) in [5, 5.41) is 23.3. The molecule has 24 heavy (non-hydrogen) atoms. The Labute approximate surface area is 140 Å². The molecule has 0 unspecified atom stereocenters. The predicted octanol–water partition coefficient (Wildman–Crippen LogP) is 2.81. The van der Waals surface area contributed by atoms with Crippen molar-refractivity contribution in [1.29, 1.82) is 0 Å². The van der Waals surface area contributed by atoms with Crippen LogP contribution in [0.15, 0.2) is 52.9 Å². The van der Waals surface area contributed by atoms with E-state index >= 15 is 0 Å². The zero-order chi connectivity index (χ0) is 16.9. The van der Waals surface area contributed by atoms with Gasteiger partial charge in [-0.2, -0.15) is 10.2 Å². The summed E-state index contributed by atoms with van der Waals surface area (Å²) in [6.45, 7) is 0. The number of aromatic nitrogens is 2. The molecule has 0 bridgehead atoms. The summed E-state index contributed by atoms with van der Waals surface area (Å²) in [7, 11) is 0. The van der Waals surface area contributed by atoms with E-state index in [0.29, 0.717) is 5.56 Å². The maximum Gasteiger partial charge on any atom is 0.291 e. The molecule has 9 heteroatoms. The molecule has 0 radical (unpaired) electrons. The van der Waals surface area contributed by atoms with Gasteiger partial charge in [-0.25, -0.2) is 5.43 Å². The van der Waals surface area contributed by atoms with Crippen LogP contribution in [0.25, 0.3) is 10.6 Å². The number of nitrogens with one attached hydrogen (secondary N) is 2. The highest BCUT2D eigenvalue weighted by atomic mass is 32.1. The van der Waals surface area contributed by atoms with Crippen LogP contribution in [0.5, 0.6) is 0 Å². The van der Waals surface area contributed by atoms with Gasteiger partial charge in [0.2, 0.25) is 0 Å². The number of hydrogen-bond acceptors (Lipinski definition) is 6. The van der Waals surface area contributed by atoms with Crippen molar-refractivity contribution in [1.82, 2.24) is 15.6 Å². The van der Waals surface area contributed by atoms with Crippen molar-refractivity contribution in [3.05, 3.63) is 69.2 Å².